The Balaban J connectivity index is 1.71. The molecule has 2 aromatic rings. The highest BCUT2D eigenvalue weighted by molar-refractivity contribution is 7.90. The molecular formula is C14H17N3O5S2. The van der Waals surface area contributed by atoms with Crippen LogP contribution in [0.25, 0.3) is 0 Å². The van der Waals surface area contributed by atoms with E-state index >= 15 is 0 Å². The molecule has 1 fully saturated rings. The average Bonchev–Trinajstić information content (AvgIpc) is 3.06. The number of benzene rings is 1. The van der Waals surface area contributed by atoms with E-state index in [-0.39, 0.29) is 16.7 Å². The van der Waals surface area contributed by atoms with Crippen LogP contribution in [-0.4, -0.2) is 50.7 Å². The number of hydrogen-bond acceptors (Lipinski definition) is 7. The maximum absolute atomic E-state index is 12.6. The van der Waals surface area contributed by atoms with Crippen molar-refractivity contribution in [1.29, 1.82) is 0 Å². The molecule has 10 heteroatoms. The summed E-state index contributed by atoms with van der Waals surface area (Å²) in [5.41, 5.74) is 0. The molecule has 1 aliphatic heterocycles. The Morgan fingerprint density at radius 2 is 1.67 bits per heavy atom. The van der Waals surface area contributed by atoms with Crippen LogP contribution < -0.4 is 0 Å². The van der Waals surface area contributed by atoms with E-state index in [1.165, 1.54) is 4.31 Å². The lowest BCUT2D eigenvalue weighted by atomic mass is 9.98. The number of rotatable bonds is 4. The minimum absolute atomic E-state index is 0.143. The van der Waals surface area contributed by atoms with Gasteiger partial charge in [-0.15, -0.1) is 5.10 Å². The molecule has 1 aromatic carbocycles. The van der Waals surface area contributed by atoms with Crippen molar-refractivity contribution in [1.82, 2.24) is 14.5 Å². The van der Waals surface area contributed by atoms with Crippen molar-refractivity contribution in [2.75, 3.05) is 19.3 Å². The predicted molar refractivity (Wildman–Crippen MR) is 84.6 cm³/mol. The maximum Gasteiger partial charge on any atom is 0.335 e. The van der Waals surface area contributed by atoms with Crippen LogP contribution in [0.3, 0.4) is 0 Å². The first kappa shape index (κ1) is 17.1. The summed E-state index contributed by atoms with van der Waals surface area (Å²) in [6.07, 6.45) is 1.99. The summed E-state index contributed by atoms with van der Waals surface area (Å²) in [6, 6.07) is 8.27. The first-order valence-corrected chi connectivity index (χ1v) is 10.7. The van der Waals surface area contributed by atoms with Gasteiger partial charge in [0.05, 0.1) is 4.90 Å². The van der Waals surface area contributed by atoms with Crippen LogP contribution in [0.1, 0.15) is 24.7 Å². The Hall–Kier alpha value is -1.78. The van der Waals surface area contributed by atoms with Crippen LogP contribution >= 0.6 is 0 Å². The van der Waals surface area contributed by atoms with Gasteiger partial charge >= 0.3 is 5.22 Å². The summed E-state index contributed by atoms with van der Waals surface area (Å²) in [5, 5.41) is 6.92. The molecule has 1 aliphatic rings. The number of aromatic nitrogens is 2. The molecule has 0 aliphatic carbocycles. The lowest BCUT2D eigenvalue weighted by molar-refractivity contribution is 0.278. The van der Waals surface area contributed by atoms with Crippen molar-refractivity contribution < 1.29 is 21.3 Å². The molecule has 0 saturated carbocycles. The molecule has 3 rings (SSSR count). The smallest absolute Gasteiger partial charge is 0.335 e. The molecule has 0 bridgehead atoms. The minimum atomic E-state index is -3.54. The fraction of sp³-hybridized carbons (Fsp3) is 0.429. The van der Waals surface area contributed by atoms with E-state index in [0.717, 1.165) is 6.26 Å². The summed E-state index contributed by atoms with van der Waals surface area (Å²) in [6.45, 7) is 0.636. The molecule has 1 aromatic heterocycles. The van der Waals surface area contributed by atoms with E-state index in [9.17, 15) is 16.8 Å². The molecule has 1 saturated heterocycles. The van der Waals surface area contributed by atoms with E-state index in [4.69, 9.17) is 4.42 Å². The summed E-state index contributed by atoms with van der Waals surface area (Å²) in [5.74, 6) is 0.0995. The summed E-state index contributed by atoms with van der Waals surface area (Å²) in [4.78, 5) is 0.264. The zero-order valence-electron chi connectivity index (χ0n) is 13.0. The van der Waals surface area contributed by atoms with Gasteiger partial charge in [-0.3, -0.25) is 0 Å². The lowest BCUT2D eigenvalue weighted by Crippen LogP contribution is -2.37. The van der Waals surface area contributed by atoms with Gasteiger partial charge in [0.25, 0.3) is 0 Å². The van der Waals surface area contributed by atoms with Gasteiger partial charge in [0.1, 0.15) is 0 Å². The van der Waals surface area contributed by atoms with Gasteiger partial charge in [0.15, 0.2) is 0 Å². The second-order valence-corrected chi connectivity index (χ2v) is 9.50. The molecule has 0 unspecified atom stereocenters. The molecule has 0 atom stereocenters. The quantitative estimate of drug-likeness (QED) is 0.789. The molecule has 2 heterocycles. The average molecular weight is 371 g/mol. The van der Waals surface area contributed by atoms with Crippen molar-refractivity contribution in [3.8, 4) is 0 Å². The maximum atomic E-state index is 12.6. The summed E-state index contributed by atoms with van der Waals surface area (Å²) >= 11 is 0. The first-order valence-electron chi connectivity index (χ1n) is 7.37. The second-order valence-electron chi connectivity index (χ2n) is 5.67. The van der Waals surface area contributed by atoms with E-state index in [1.54, 1.807) is 30.3 Å². The highest BCUT2D eigenvalue weighted by Crippen LogP contribution is 2.30. The third-order valence-corrected chi connectivity index (χ3v) is 6.64. The molecule has 0 spiro atoms. The number of piperidine rings is 1. The Bertz CT molecular complexity index is 914. The fourth-order valence-corrected chi connectivity index (χ4v) is 4.54. The van der Waals surface area contributed by atoms with E-state index in [2.05, 4.69) is 10.2 Å². The normalized spacial score (nSPS) is 17.9. The fourth-order valence-electron chi connectivity index (χ4n) is 2.62. The first-order chi connectivity index (χ1) is 11.3. The number of nitrogens with zero attached hydrogens (tertiary/aromatic N) is 3. The van der Waals surface area contributed by atoms with Gasteiger partial charge < -0.3 is 4.42 Å². The van der Waals surface area contributed by atoms with Crippen LogP contribution in [0.15, 0.2) is 44.9 Å². The minimum Gasteiger partial charge on any atom is -0.412 e. The number of sulfonamides is 1. The van der Waals surface area contributed by atoms with Crippen molar-refractivity contribution in [2.45, 2.75) is 28.9 Å². The number of sulfone groups is 1. The van der Waals surface area contributed by atoms with Crippen molar-refractivity contribution in [3.05, 3.63) is 36.2 Å². The SMILES string of the molecule is CS(=O)(=O)c1nnc(C2CCN(S(=O)(=O)c3ccccc3)CC2)o1. The van der Waals surface area contributed by atoms with Gasteiger partial charge in [-0.05, 0) is 25.0 Å². The molecule has 0 amide bonds. The standard InChI is InChI=1S/C14H17N3O5S2/c1-23(18,19)14-16-15-13(22-14)11-7-9-17(10-8-11)24(20,21)12-5-3-2-4-6-12/h2-6,11H,7-10H2,1H3. The monoisotopic (exact) mass is 371 g/mol. The van der Waals surface area contributed by atoms with E-state index < -0.39 is 25.1 Å². The number of hydrogen-bond donors (Lipinski definition) is 0. The van der Waals surface area contributed by atoms with Crippen molar-refractivity contribution >= 4 is 19.9 Å². The topological polar surface area (TPSA) is 110 Å². The van der Waals surface area contributed by atoms with Gasteiger partial charge in [0, 0.05) is 25.3 Å². The van der Waals surface area contributed by atoms with Crippen LogP contribution in [0.2, 0.25) is 0 Å². The predicted octanol–water partition coefficient (Wildman–Crippen LogP) is 1.04. The molecule has 130 valence electrons. The highest BCUT2D eigenvalue weighted by atomic mass is 32.2. The van der Waals surface area contributed by atoms with Crippen LogP contribution in [0.5, 0.6) is 0 Å². The molecule has 24 heavy (non-hydrogen) atoms. The van der Waals surface area contributed by atoms with Crippen molar-refractivity contribution in [3.63, 3.8) is 0 Å². The second kappa shape index (κ2) is 6.26. The van der Waals surface area contributed by atoms with E-state index in [1.807, 2.05) is 0 Å². The van der Waals surface area contributed by atoms with Gasteiger partial charge in [0.2, 0.25) is 25.8 Å². The third kappa shape index (κ3) is 3.35. The third-order valence-electron chi connectivity index (χ3n) is 3.92. The zero-order chi connectivity index (χ0) is 17.4. The zero-order valence-corrected chi connectivity index (χ0v) is 14.6. The van der Waals surface area contributed by atoms with Gasteiger partial charge in [-0.2, -0.15) is 4.31 Å². The highest BCUT2D eigenvalue weighted by Gasteiger charge is 2.32. The Morgan fingerprint density at radius 3 is 2.21 bits per heavy atom. The van der Waals surface area contributed by atoms with Gasteiger partial charge in [-0.1, -0.05) is 23.3 Å². The van der Waals surface area contributed by atoms with E-state index in [0.29, 0.717) is 25.9 Å². The van der Waals surface area contributed by atoms with Crippen LogP contribution in [0.4, 0.5) is 0 Å². The Morgan fingerprint density at radius 1 is 1.04 bits per heavy atom. The summed E-state index contributed by atoms with van der Waals surface area (Å²) in [7, 11) is -7.05. The van der Waals surface area contributed by atoms with Crippen LogP contribution in [0, 0.1) is 0 Å². The lowest BCUT2D eigenvalue weighted by Gasteiger charge is -2.29. The Kier molecular flexibility index (Phi) is 4.45. The molecule has 0 N–H and O–H groups in total. The Labute approximate surface area is 140 Å². The molecule has 8 nitrogen and oxygen atoms in total. The molecule has 0 radical (unpaired) electrons. The van der Waals surface area contributed by atoms with Gasteiger partial charge in [-0.25, -0.2) is 16.8 Å². The van der Waals surface area contributed by atoms with Crippen LogP contribution in [-0.2, 0) is 19.9 Å². The molecular weight excluding hydrogens is 354 g/mol. The van der Waals surface area contributed by atoms with Crippen molar-refractivity contribution in [2.24, 2.45) is 0 Å². The largest absolute Gasteiger partial charge is 0.412 e. The summed E-state index contributed by atoms with van der Waals surface area (Å²) < 4.78 is 54.5.